The number of hydrogen-bond acceptors (Lipinski definition) is 4. The van der Waals surface area contributed by atoms with Gasteiger partial charge in [0.05, 0.1) is 12.0 Å². The molecule has 1 saturated heterocycles. The van der Waals surface area contributed by atoms with Crippen molar-refractivity contribution in [3.05, 3.63) is 29.8 Å². The number of benzene rings is 1. The Morgan fingerprint density at radius 3 is 2.21 bits per heavy atom. The Morgan fingerprint density at radius 1 is 1.25 bits per heavy atom. The first-order valence-electron chi connectivity index (χ1n) is 7.13. The van der Waals surface area contributed by atoms with E-state index in [2.05, 4.69) is 5.32 Å². The molecule has 1 aliphatic rings. The van der Waals surface area contributed by atoms with E-state index in [9.17, 15) is 27.9 Å². The number of anilines is 1. The summed E-state index contributed by atoms with van der Waals surface area (Å²) in [5, 5.41) is 13.8. The number of amides is 2. The quantitative estimate of drug-likeness (QED) is 0.777. The van der Waals surface area contributed by atoms with Crippen LogP contribution in [0.5, 0.6) is 0 Å². The maximum atomic E-state index is 13.3. The molecule has 0 unspecified atom stereocenters. The van der Waals surface area contributed by atoms with E-state index in [1.165, 1.54) is 17.4 Å². The lowest BCUT2D eigenvalue weighted by Gasteiger charge is -2.44. The van der Waals surface area contributed by atoms with Gasteiger partial charge in [-0.15, -0.1) is 0 Å². The largest absolute Gasteiger partial charge is 0.437 e. The highest BCUT2D eigenvalue weighted by atomic mass is 19.4. The van der Waals surface area contributed by atoms with Gasteiger partial charge in [-0.1, -0.05) is 12.1 Å². The van der Waals surface area contributed by atoms with Gasteiger partial charge in [0.15, 0.2) is 0 Å². The zero-order chi connectivity index (χ0) is 18.3. The molecule has 24 heavy (non-hydrogen) atoms. The highest BCUT2D eigenvalue weighted by Gasteiger charge is 2.65. The van der Waals surface area contributed by atoms with E-state index in [-0.39, 0.29) is 0 Å². The highest BCUT2D eigenvalue weighted by molar-refractivity contribution is 5.86. The number of halogens is 3. The van der Waals surface area contributed by atoms with Gasteiger partial charge >= 0.3 is 12.2 Å². The number of urea groups is 1. The zero-order valence-corrected chi connectivity index (χ0v) is 13.3. The molecule has 3 atom stereocenters. The number of alkyl halides is 3. The second kappa shape index (κ2) is 5.97. The van der Waals surface area contributed by atoms with Gasteiger partial charge in [0.1, 0.15) is 5.78 Å². The summed E-state index contributed by atoms with van der Waals surface area (Å²) in [6, 6.07) is 3.81. The molecule has 1 fully saturated rings. The first-order chi connectivity index (χ1) is 11.0. The van der Waals surface area contributed by atoms with Crippen LogP contribution >= 0.6 is 0 Å². The molecule has 0 spiro atoms. The van der Waals surface area contributed by atoms with Crippen LogP contribution in [0.25, 0.3) is 0 Å². The van der Waals surface area contributed by atoms with Crippen molar-refractivity contribution in [2.24, 2.45) is 5.92 Å². The summed E-state index contributed by atoms with van der Waals surface area (Å²) in [6.45, 7) is 0.946. The number of aliphatic hydroxyl groups is 1. The Kier molecular flexibility index (Phi) is 4.49. The second-order valence-corrected chi connectivity index (χ2v) is 5.91. The summed E-state index contributed by atoms with van der Waals surface area (Å²) in [7, 11) is 3.59. The van der Waals surface area contributed by atoms with E-state index in [0.717, 1.165) is 12.6 Å². The predicted octanol–water partition coefficient (Wildman–Crippen LogP) is 1.56. The third-order valence-electron chi connectivity index (χ3n) is 4.01. The van der Waals surface area contributed by atoms with Gasteiger partial charge in [-0.25, -0.2) is 4.79 Å². The number of rotatable bonds is 3. The maximum absolute atomic E-state index is 13.3. The minimum Gasteiger partial charge on any atom is -0.378 e. The Balaban J connectivity index is 2.50. The topological polar surface area (TPSA) is 81.7 Å². The monoisotopic (exact) mass is 345 g/mol. The predicted molar refractivity (Wildman–Crippen MR) is 80.4 cm³/mol. The van der Waals surface area contributed by atoms with E-state index >= 15 is 0 Å². The van der Waals surface area contributed by atoms with Crippen LogP contribution in [0.1, 0.15) is 18.5 Å². The van der Waals surface area contributed by atoms with Crippen LogP contribution in [0.3, 0.4) is 0 Å². The van der Waals surface area contributed by atoms with E-state index < -0.39 is 35.7 Å². The molecule has 1 aromatic rings. The fourth-order valence-corrected chi connectivity index (χ4v) is 2.78. The van der Waals surface area contributed by atoms with Gasteiger partial charge in [-0.2, -0.15) is 13.2 Å². The van der Waals surface area contributed by atoms with Crippen LogP contribution in [0.4, 0.5) is 23.7 Å². The van der Waals surface area contributed by atoms with Gasteiger partial charge in [0.2, 0.25) is 5.72 Å². The summed E-state index contributed by atoms with van der Waals surface area (Å²) in [4.78, 5) is 25.3. The number of Topliss-reactive ketones (excluding diaryl/α,β-unsaturated/α-hetero) is 1. The van der Waals surface area contributed by atoms with Crippen molar-refractivity contribution in [2.45, 2.75) is 24.9 Å². The molecule has 0 radical (unpaired) electrons. The Hall–Kier alpha value is -2.29. The molecule has 1 aromatic carbocycles. The average Bonchev–Trinajstić information content (AvgIpc) is 2.44. The number of nitrogens with zero attached hydrogens (tertiary/aromatic N) is 1. The zero-order valence-electron chi connectivity index (χ0n) is 13.3. The number of carbonyl (C=O) groups is 2. The Labute approximate surface area is 136 Å². The fourth-order valence-electron chi connectivity index (χ4n) is 2.78. The summed E-state index contributed by atoms with van der Waals surface area (Å²) in [5.41, 5.74) is -2.55. The van der Waals surface area contributed by atoms with E-state index in [1.807, 2.05) is 0 Å². The van der Waals surface area contributed by atoms with Gasteiger partial charge in [0, 0.05) is 19.8 Å². The fraction of sp³-hybridized carbons (Fsp3) is 0.467. The van der Waals surface area contributed by atoms with Crippen LogP contribution in [-0.4, -0.2) is 42.9 Å². The number of ketones is 1. The lowest BCUT2D eigenvalue weighted by atomic mass is 9.79. The van der Waals surface area contributed by atoms with Crippen LogP contribution in [-0.2, 0) is 4.79 Å². The SMILES string of the molecule is CC(=O)[C@@H]1[C@H](c2ccc(N(C)C)cc2)NC(=O)N[C@@]1(O)C(F)(F)F. The van der Waals surface area contributed by atoms with Gasteiger partial charge in [-0.05, 0) is 24.6 Å². The van der Waals surface area contributed by atoms with Crippen LogP contribution in [0, 0.1) is 5.92 Å². The number of nitrogens with one attached hydrogen (secondary N) is 2. The van der Waals surface area contributed by atoms with E-state index in [4.69, 9.17) is 0 Å². The third-order valence-corrected chi connectivity index (χ3v) is 4.01. The van der Waals surface area contributed by atoms with Crippen molar-refractivity contribution in [2.75, 3.05) is 19.0 Å². The minimum absolute atomic E-state index is 0.290. The van der Waals surface area contributed by atoms with Crippen molar-refractivity contribution in [1.82, 2.24) is 10.6 Å². The van der Waals surface area contributed by atoms with Gasteiger partial charge in [0.25, 0.3) is 0 Å². The van der Waals surface area contributed by atoms with E-state index in [0.29, 0.717) is 5.56 Å². The molecule has 3 N–H and O–H groups in total. The molecule has 0 bridgehead atoms. The molecule has 0 saturated carbocycles. The second-order valence-electron chi connectivity index (χ2n) is 5.91. The molecule has 132 valence electrons. The highest BCUT2D eigenvalue weighted by Crippen LogP contribution is 2.42. The summed E-state index contributed by atoms with van der Waals surface area (Å²) < 4.78 is 40.0. The molecule has 9 heteroatoms. The first kappa shape index (κ1) is 18.1. The first-order valence-corrected chi connectivity index (χ1v) is 7.13. The van der Waals surface area contributed by atoms with Crippen LogP contribution in [0.2, 0.25) is 0 Å². The van der Waals surface area contributed by atoms with E-state index in [1.54, 1.807) is 31.1 Å². The molecular formula is C15H18F3N3O3. The number of hydrogen-bond donors (Lipinski definition) is 3. The van der Waals surface area contributed by atoms with Crippen molar-refractivity contribution in [3.8, 4) is 0 Å². The maximum Gasteiger partial charge on any atom is 0.437 e. The van der Waals surface area contributed by atoms with Gasteiger partial charge < -0.3 is 20.6 Å². The Morgan fingerprint density at radius 2 is 1.79 bits per heavy atom. The third kappa shape index (κ3) is 3.03. The summed E-state index contributed by atoms with van der Waals surface area (Å²) in [6.07, 6.45) is -5.21. The summed E-state index contributed by atoms with van der Waals surface area (Å²) in [5.74, 6) is -2.82. The smallest absolute Gasteiger partial charge is 0.378 e. The normalized spacial score (nSPS) is 27.2. The Bertz CT molecular complexity index is 646. The molecule has 0 aliphatic carbocycles. The molecular weight excluding hydrogens is 327 g/mol. The lowest BCUT2D eigenvalue weighted by molar-refractivity contribution is -0.290. The molecule has 2 amide bonds. The average molecular weight is 345 g/mol. The van der Waals surface area contributed by atoms with Crippen molar-refractivity contribution in [3.63, 3.8) is 0 Å². The van der Waals surface area contributed by atoms with Crippen LogP contribution < -0.4 is 15.5 Å². The molecule has 0 aromatic heterocycles. The lowest BCUT2D eigenvalue weighted by Crippen LogP contribution is -2.72. The molecule has 2 rings (SSSR count). The molecule has 1 heterocycles. The van der Waals surface area contributed by atoms with Crippen LogP contribution in [0.15, 0.2) is 24.3 Å². The minimum atomic E-state index is -5.21. The van der Waals surface area contributed by atoms with Crippen molar-refractivity contribution >= 4 is 17.5 Å². The molecule has 6 nitrogen and oxygen atoms in total. The standard InChI is InChI=1S/C15H18F3N3O3/c1-8(22)11-12(9-4-6-10(7-5-9)21(2)3)19-13(23)20-14(11,24)15(16,17)18/h4-7,11-12,24H,1-3H3,(H2,19,20,23)/t11-,12+,14+/m1/s1. The molecule has 1 aliphatic heterocycles. The van der Waals surface area contributed by atoms with Gasteiger partial charge in [-0.3, -0.25) is 4.79 Å². The summed E-state index contributed by atoms with van der Waals surface area (Å²) >= 11 is 0. The number of carbonyl (C=O) groups excluding carboxylic acids is 2. The van der Waals surface area contributed by atoms with Crippen molar-refractivity contribution < 1.29 is 27.9 Å². The van der Waals surface area contributed by atoms with Crippen molar-refractivity contribution in [1.29, 1.82) is 0 Å².